The van der Waals surface area contributed by atoms with Gasteiger partial charge in [0.25, 0.3) is 5.91 Å². The number of amides is 3. The zero-order valence-electron chi connectivity index (χ0n) is 13.5. The molecule has 0 unspecified atom stereocenters. The number of carbonyl (C=O) groups excluding carboxylic acids is 2. The first kappa shape index (κ1) is 17.3. The largest absolute Gasteiger partial charge is 0.378 e. The molecule has 0 atom stereocenters. The molecule has 7 heteroatoms. The third-order valence-corrected chi connectivity index (χ3v) is 4.04. The van der Waals surface area contributed by atoms with E-state index in [1.807, 2.05) is 0 Å². The van der Waals surface area contributed by atoms with Crippen LogP contribution in [-0.2, 0) is 4.74 Å². The molecule has 1 heterocycles. The second kappa shape index (κ2) is 8.00. The highest BCUT2D eigenvalue weighted by atomic mass is 35.5. The maximum atomic E-state index is 12.4. The van der Waals surface area contributed by atoms with Crippen LogP contribution in [-0.4, -0.2) is 43.1 Å². The lowest BCUT2D eigenvalue weighted by Gasteiger charge is -2.26. The number of halogens is 1. The molecule has 1 aliphatic rings. The molecule has 2 aromatic rings. The average molecular weight is 360 g/mol. The molecule has 2 aromatic carbocycles. The summed E-state index contributed by atoms with van der Waals surface area (Å²) in [6.07, 6.45) is 0. The van der Waals surface area contributed by atoms with Crippen LogP contribution in [0.4, 0.5) is 16.2 Å². The van der Waals surface area contributed by atoms with E-state index in [0.717, 1.165) is 0 Å². The van der Waals surface area contributed by atoms with Crippen molar-refractivity contribution in [2.75, 3.05) is 36.9 Å². The van der Waals surface area contributed by atoms with Gasteiger partial charge in [-0.1, -0.05) is 11.6 Å². The molecule has 0 radical (unpaired) electrons. The van der Waals surface area contributed by atoms with Crippen molar-refractivity contribution in [1.82, 2.24) is 4.90 Å². The zero-order chi connectivity index (χ0) is 17.6. The topological polar surface area (TPSA) is 70.7 Å². The lowest BCUT2D eigenvalue weighted by atomic mass is 10.1. The number of nitrogens with zero attached hydrogens (tertiary/aromatic N) is 1. The molecule has 0 aromatic heterocycles. The molecule has 3 amide bonds. The first-order valence-electron chi connectivity index (χ1n) is 7.92. The number of nitrogens with one attached hydrogen (secondary N) is 2. The Morgan fingerprint density at radius 2 is 1.40 bits per heavy atom. The normalized spacial score (nSPS) is 14.0. The van der Waals surface area contributed by atoms with Crippen molar-refractivity contribution < 1.29 is 14.3 Å². The summed E-state index contributed by atoms with van der Waals surface area (Å²) in [6, 6.07) is 13.3. The summed E-state index contributed by atoms with van der Waals surface area (Å²) in [5, 5.41) is 6.03. The van der Waals surface area contributed by atoms with Gasteiger partial charge < -0.3 is 20.3 Å². The summed E-state index contributed by atoms with van der Waals surface area (Å²) >= 11 is 5.81. The van der Waals surface area contributed by atoms with Crippen LogP contribution in [0.25, 0.3) is 0 Å². The van der Waals surface area contributed by atoms with Crippen molar-refractivity contribution in [1.29, 1.82) is 0 Å². The van der Waals surface area contributed by atoms with Crippen molar-refractivity contribution in [2.24, 2.45) is 0 Å². The zero-order valence-corrected chi connectivity index (χ0v) is 14.3. The summed E-state index contributed by atoms with van der Waals surface area (Å²) in [7, 11) is 0. The van der Waals surface area contributed by atoms with E-state index in [9.17, 15) is 9.59 Å². The van der Waals surface area contributed by atoms with E-state index in [1.54, 1.807) is 53.4 Å². The summed E-state index contributed by atoms with van der Waals surface area (Å²) < 4.78 is 5.25. The summed E-state index contributed by atoms with van der Waals surface area (Å²) in [4.78, 5) is 26.1. The van der Waals surface area contributed by atoms with Crippen molar-refractivity contribution in [3.8, 4) is 0 Å². The third-order valence-electron chi connectivity index (χ3n) is 3.79. The highest BCUT2D eigenvalue weighted by Crippen LogP contribution is 2.15. The predicted octanol–water partition coefficient (Wildman–Crippen LogP) is 3.46. The van der Waals surface area contributed by atoms with Crippen molar-refractivity contribution >= 4 is 34.9 Å². The lowest BCUT2D eigenvalue weighted by molar-refractivity contribution is 0.0303. The number of carbonyl (C=O) groups is 2. The average Bonchev–Trinajstić information content (AvgIpc) is 2.64. The Labute approximate surface area is 150 Å². The second-order valence-electron chi connectivity index (χ2n) is 5.57. The van der Waals surface area contributed by atoms with Crippen LogP contribution in [0.15, 0.2) is 48.5 Å². The molecule has 2 N–H and O–H groups in total. The first-order valence-corrected chi connectivity index (χ1v) is 8.30. The minimum atomic E-state index is -0.366. The van der Waals surface area contributed by atoms with Crippen molar-refractivity contribution in [3.05, 3.63) is 59.1 Å². The van der Waals surface area contributed by atoms with Crippen LogP contribution in [0.2, 0.25) is 5.02 Å². The van der Waals surface area contributed by atoms with Gasteiger partial charge in [-0.2, -0.15) is 0 Å². The molecule has 3 rings (SSSR count). The van der Waals surface area contributed by atoms with E-state index in [-0.39, 0.29) is 11.9 Å². The second-order valence-corrected chi connectivity index (χ2v) is 6.00. The number of rotatable bonds is 3. The molecule has 6 nitrogen and oxygen atoms in total. The van der Waals surface area contributed by atoms with E-state index >= 15 is 0 Å². The van der Waals surface area contributed by atoms with Crippen LogP contribution >= 0.6 is 11.6 Å². The van der Waals surface area contributed by atoms with Crippen LogP contribution < -0.4 is 10.6 Å². The Kier molecular flexibility index (Phi) is 5.53. The quantitative estimate of drug-likeness (QED) is 0.881. The van der Waals surface area contributed by atoms with E-state index in [4.69, 9.17) is 16.3 Å². The molecule has 1 saturated heterocycles. The minimum Gasteiger partial charge on any atom is -0.378 e. The SMILES string of the molecule is O=C(Nc1ccc(Cl)cc1)Nc1ccc(C(=O)N2CCOCC2)cc1. The van der Waals surface area contributed by atoms with Crippen molar-refractivity contribution in [3.63, 3.8) is 0 Å². The predicted molar refractivity (Wildman–Crippen MR) is 97.3 cm³/mol. The molecule has 25 heavy (non-hydrogen) atoms. The standard InChI is InChI=1S/C18H18ClN3O3/c19-14-3-7-16(8-4-14)21-18(24)20-15-5-1-13(2-6-15)17(23)22-9-11-25-12-10-22/h1-8H,9-12H2,(H2,20,21,24). The fourth-order valence-electron chi connectivity index (χ4n) is 2.47. The van der Waals surface area contributed by atoms with E-state index in [1.165, 1.54) is 0 Å². The van der Waals surface area contributed by atoms with Gasteiger partial charge in [-0.25, -0.2) is 4.79 Å². The fourth-order valence-corrected chi connectivity index (χ4v) is 2.60. The van der Waals surface area contributed by atoms with E-state index in [0.29, 0.717) is 48.3 Å². The molecule has 0 bridgehead atoms. The van der Waals surface area contributed by atoms with Gasteiger partial charge in [0.2, 0.25) is 0 Å². The number of benzene rings is 2. The number of urea groups is 1. The smallest absolute Gasteiger partial charge is 0.323 e. The highest BCUT2D eigenvalue weighted by Gasteiger charge is 2.18. The number of hydrogen-bond donors (Lipinski definition) is 2. The maximum absolute atomic E-state index is 12.4. The van der Waals surface area contributed by atoms with Gasteiger partial charge in [0, 0.05) is 35.1 Å². The Hall–Kier alpha value is -2.57. The van der Waals surface area contributed by atoms with Crippen LogP contribution in [0.1, 0.15) is 10.4 Å². The van der Waals surface area contributed by atoms with Gasteiger partial charge in [-0.3, -0.25) is 4.79 Å². The fraction of sp³-hybridized carbons (Fsp3) is 0.222. The van der Waals surface area contributed by atoms with Gasteiger partial charge in [-0.05, 0) is 48.5 Å². The van der Waals surface area contributed by atoms with Crippen LogP contribution in [0.5, 0.6) is 0 Å². The maximum Gasteiger partial charge on any atom is 0.323 e. The van der Waals surface area contributed by atoms with Gasteiger partial charge in [-0.15, -0.1) is 0 Å². The molecule has 1 aliphatic heterocycles. The number of hydrogen-bond acceptors (Lipinski definition) is 3. The first-order chi connectivity index (χ1) is 12.1. The van der Waals surface area contributed by atoms with Crippen LogP contribution in [0.3, 0.4) is 0 Å². The Morgan fingerprint density at radius 3 is 1.96 bits per heavy atom. The number of anilines is 2. The number of ether oxygens (including phenoxy) is 1. The van der Waals surface area contributed by atoms with Gasteiger partial charge in [0.05, 0.1) is 13.2 Å². The molecule has 1 fully saturated rings. The highest BCUT2D eigenvalue weighted by molar-refractivity contribution is 6.30. The summed E-state index contributed by atoms with van der Waals surface area (Å²) in [6.45, 7) is 2.33. The third kappa shape index (κ3) is 4.71. The van der Waals surface area contributed by atoms with E-state index in [2.05, 4.69) is 10.6 Å². The molecule has 130 valence electrons. The number of morpholine rings is 1. The van der Waals surface area contributed by atoms with Crippen LogP contribution in [0, 0.1) is 0 Å². The van der Waals surface area contributed by atoms with Gasteiger partial charge in [0.15, 0.2) is 0 Å². The Balaban J connectivity index is 1.57. The molecular weight excluding hydrogens is 342 g/mol. The van der Waals surface area contributed by atoms with E-state index < -0.39 is 0 Å². The molecular formula is C18H18ClN3O3. The summed E-state index contributed by atoms with van der Waals surface area (Å²) in [5.74, 6) is -0.0273. The minimum absolute atomic E-state index is 0.0273. The summed E-state index contributed by atoms with van der Waals surface area (Å²) in [5.41, 5.74) is 1.83. The molecule has 0 saturated carbocycles. The molecule has 0 aliphatic carbocycles. The lowest BCUT2D eigenvalue weighted by Crippen LogP contribution is -2.40. The monoisotopic (exact) mass is 359 g/mol. The van der Waals surface area contributed by atoms with Crippen molar-refractivity contribution in [2.45, 2.75) is 0 Å². The Morgan fingerprint density at radius 1 is 0.880 bits per heavy atom. The van der Waals surface area contributed by atoms with Gasteiger partial charge in [0.1, 0.15) is 0 Å². The molecule has 0 spiro atoms. The Bertz CT molecular complexity index is 741. The van der Waals surface area contributed by atoms with Gasteiger partial charge >= 0.3 is 6.03 Å².